The van der Waals surface area contributed by atoms with Crippen molar-refractivity contribution in [2.45, 2.75) is 6.42 Å². The summed E-state index contributed by atoms with van der Waals surface area (Å²) in [5.74, 6) is -0.0337. The number of nitrogens with zero attached hydrogens (tertiary/aromatic N) is 2. The molecule has 1 amide bonds. The van der Waals surface area contributed by atoms with Crippen molar-refractivity contribution < 1.29 is 4.79 Å². The van der Waals surface area contributed by atoms with Gasteiger partial charge >= 0.3 is 0 Å². The molecule has 0 atom stereocenters. The summed E-state index contributed by atoms with van der Waals surface area (Å²) in [6, 6.07) is 7.45. The van der Waals surface area contributed by atoms with Crippen LogP contribution in [0, 0.1) is 0 Å². The highest BCUT2D eigenvalue weighted by molar-refractivity contribution is 9.10. The summed E-state index contributed by atoms with van der Waals surface area (Å²) < 4.78 is 0.921. The van der Waals surface area contributed by atoms with E-state index in [1.807, 2.05) is 24.3 Å². The SMILES string of the molecule is NCC1=NN(c2cccc(Br)c2)C(=O)C1. The minimum atomic E-state index is -0.0337. The van der Waals surface area contributed by atoms with Crippen molar-refractivity contribution in [3.8, 4) is 0 Å². The molecular formula is C10H10BrN3O. The Labute approximate surface area is 95.9 Å². The summed E-state index contributed by atoms with van der Waals surface area (Å²) in [6.07, 6.45) is 0.322. The van der Waals surface area contributed by atoms with Gasteiger partial charge in [0.25, 0.3) is 5.91 Å². The molecule has 1 aliphatic heterocycles. The minimum Gasteiger partial charge on any atom is -0.325 e. The predicted octanol–water partition coefficient (Wildman–Crippen LogP) is 1.50. The van der Waals surface area contributed by atoms with E-state index in [4.69, 9.17) is 5.73 Å². The van der Waals surface area contributed by atoms with Crippen molar-refractivity contribution in [3.05, 3.63) is 28.7 Å². The molecule has 1 aliphatic rings. The van der Waals surface area contributed by atoms with Gasteiger partial charge in [0.05, 0.1) is 17.8 Å². The van der Waals surface area contributed by atoms with E-state index in [-0.39, 0.29) is 5.91 Å². The van der Waals surface area contributed by atoms with Crippen LogP contribution >= 0.6 is 15.9 Å². The molecule has 0 unspecified atom stereocenters. The number of benzene rings is 1. The van der Waals surface area contributed by atoms with Gasteiger partial charge in [-0.05, 0) is 18.2 Å². The normalized spacial score (nSPS) is 15.7. The molecule has 1 heterocycles. The van der Waals surface area contributed by atoms with Crippen LogP contribution in [-0.2, 0) is 4.79 Å². The fourth-order valence-electron chi connectivity index (χ4n) is 1.40. The molecule has 2 N–H and O–H groups in total. The second-order valence-corrected chi connectivity index (χ2v) is 4.15. The van der Waals surface area contributed by atoms with Crippen LogP contribution in [0.15, 0.2) is 33.8 Å². The fourth-order valence-corrected chi connectivity index (χ4v) is 1.79. The van der Waals surface area contributed by atoms with E-state index in [1.165, 1.54) is 5.01 Å². The first-order chi connectivity index (χ1) is 7.20. The third kappa shape index (κ3) is 2.08. The van der Waals surface area contributed by atoms with Crippen LogP contribution in [0.4, 0.5) is 5.69 Å². The third-order valence-corrected chi connectivity index (χ3v) is 2.61. The number of hydrazone groups is 1. The Kier molecular flexibility index (Phi) is 2.83. The molecule has 0 saturated heterocycles. The third-order valence-electron chi connectivity index (χ3n) is 2.12. The lowest BCUT2D eigenvalue weighted by molar-refractivity contribution is -0.116. The highest BCUT2D eigenvalue weighted by Gasteiger charge is 2.24. The molecule has 2 rings (SSSR count). The molecule has 78 valence electrons. The van der Waals surface area contributed by atoms with Gasteiger partial charge in [0.15, 0.2) is 0 Å². The van der Waals surface area contributed by atoms with E-state index in [1.54, 1.807) is 0 Å². The summed E-state index contributed by atoms with van der Waals surface area (Å²) in [5, 5.41) is 5.55. The van der Waals surface area contributed by atoms with Crippen molar-refractivity contribution in [1.29, 1.82) is 0 Å². The Balaban J connectivity index is 2.32. The Morgan fingerprint density at radius 3 is 2.93 bits per heavy atom. The molecule has 1 aromatic rings. The number of amides is 1. The molecule has 0 fully saturated rings. The van der Waals surface area contributed by atoms with Crippen LogP contribution in [0.5, 0.6) is 0 Å². The van der Waals surface area contributed by atoms with Gasteiger partial charge in [-0.15, -0.1) is 0 Å². The smallest absolute Gasteiger partial charge is 0.253 e. The lowest BCUT2D eigenvalue weighted by Crippen LogP contribution is -2.19. The van der Waals surface area contributed by atoms with E-state index in [9.17, 15) is 4.79 Å². The summed E-state index contributed by atoms with van der Waals surface area (Å²) in [5.41, 5.74) is 6.93. The van der Waals surface area contributed by atoms with Crippen LogP contribution in [0.3, 0.4) is 0 Å². The monoisotopic (exact) mass is 267 g/mol. The first-order valence-corrected chi connectivity index (χ1v) is 5.35. The second-order valence-electron chi connectivity index (χ2n) is 3.23. The largest absolute Gasteiger partial charge is 0.325 e. The molecule has 0 bridgehead atoms. The van der Waals surface area contributed by atoms with E-state index in [2.05, 4.69) is 21.0 Å². The molecule has 0 aliphatic carbocycles. The zero-order valence-corrected chi connectivity index (χ0v) is 9.57. The number of carbonyl (C=O) groups excluding carboxylic acids is 1. The molecule has 1 aromatic carbocycles. The average molecular weight is 268 g/mol. The predicted molar refractivity (Wildman–Crippen MR) is 62.7 cm³/mol. The standard InChI is InChI=1S/C10H10BrN3O/c11-7-2-1-3-9(4-7)14-10(15)5-8(6-12)13-14/h1-4H,5-6,12H2. The number of nitrogens with two attached hydrogens (primary N) is 1. The van der Waals surface area contributed by atoms with E-state index < -0.39 is 0 Å². The molecule has 0 saturated carbocycles. The fraction of sp³-hybridized carbons (Fsp3) is 0.200. The van der Waals surface area contributed by atoms with Gasteiger partial charge in [-0.2, -0.15) is 5.10 Å². The maximum Gasteiger partial charge on any atom is 0.253 e. The van der Waals surface area contributed by atoms with Gasteiger partial charge in [-0.3, -0.25) is 4.79 Å². The zero-order valence-electron chi connectivity index (χ0n) is 7.98. The maximum atomic E-state index is 11.6. The average Bonchev–Trinajstić information content (AvgIpc) is 2.60. The van der Waals surface area contributed by atoms with Gasteiger partial charge in [-0.25, -0.2) is 5.01 Å². The van der Waals surface area contributed by atoms with Crippen LogP contribution in [0.25, 0.3) is 0 Å². The van der Waals surface area contributed by atoms with E-state index >= 15 is 0 Å². The highest BCUT2D eigenvalue weighted by atomic mass is 79.9. The van der Waals surface area contributed by atoms with Crippen molar-refractivity contribution >= 4 is 33.2 Å². The van der Waals surface area contributed by atoms with Gasteiger partial charge < -0.3 is 5.73 Å². The molecule has 0 radical (unpaired) electrons. The molecule has 4 nitrogen and oxygen atoms in total. The number of carbonyl (C=O) groups is 1. The van der Waals surface area contributed by atoms with Crippen LogP contribution in [-0.4, -0.2) is 18.2 Å². The van der Waals surface area contributed by atoms with E-state index in [0.29, 0.717) is 13.0 Å². The van der Waals surface area contributed by atoms with E-state index in [0.717, 1.165) is 15.9 Å². The number of rotatable bonds is 2. The topological polar surface area (TPSA) is 58.7 Å². The first kappa shape index (κ1) is 10.3. The Bertz CT molecular complexity index is 430. The number of anilines is 1. The lowest BCUT2D eigenvalue weighted by Gasteiger charge is -2.11. The molecule has 0 aromatic heterocycles. The first-order valence-electron chi connectivity index (χ1n) is 4.55. The minimum absolute atomic E-state index is 0.0337. The quantitative estimate of drug-likeness (QED) is 0.883. The van der Waals surface area contributed by atoms with Crippen LogP contribution in [0.2, 0.25) is 0 Å². The number of hydrogen-bond donors (Lipinski definition) is 1. The van der Waals surface area contributed by atoms with Gasteiger partial charge in [0, 0.05) is 11.0 Å². The van der Waals surface area contributed by atoms with Crippen molar-refractivity contribution in [1.82, 2.24) is 0 Å². The van der Waals surface area contributed by atoms with Gasteiger partial charge in [-0.1, -0.05) is 22.0 Å². The van der Waals surface area contributed by atoms with Crippen molar-refractivity contribution in [2.24, 2.45) is 10.8 Å². The molecular weight excluding hydrogens is 258 g/mol. The van der Waals surface area contributed by atoms with Crippen LogP contribution < -0.4 is 10.7 Å². The van der Waals surface area contributed by atoms with Gasteiger partial charge in [0.2, 0.25) is 0 Å². The van der Waals surface area contributed by atoms with Crippen molar-refractivity contribution in [2.75, 3.05) is 11.6 Å². The summed E-state index contributed by atoms with van der Waals surface area (Å²) in [6.45, 7) is 0.330. The van der Waals surface area contributed by atoms with Crippen LogP contribution in [0.1, 0.15) is 6.42 Å². The summed E-state index contributed by atoms with van der Waals surface area (Å²) in [7, 11) is 0. The molecule has 15 heavy (non-hydrogen) atoms. The highest BCUT2D eigenvalue weighted by Crippen LogP contribution is 2.23. The molecule has 5 heteroatoms. The molecule has 0 spiro atoms. The zero-order chi connectivity index (χ0) is 10.8. The summed E-state index contributed by atoms with van der Waals surface area (Å²) in [4.78, 5) is 11.6. The maximum absolute atomic E-state index is 11.6. The van der Waals surface area contributed by atoms with Crippen molar-refractivity contribution in [3.63, 3.8) is 0 Å². The number of hydrogen-bond acceptors (Lipinski definition) is 3. The van der Waals surface area contributed by atoms with Gasteiger partial charge in [0.1, 0.15) is 0 Å². The summed E-state index contributed by atoms with van der Waals surface area (Å²) >= 11 is 3.35. The lowest BCUT2D eigenvalue weighted by atomic mass is 10.2. The number of halogens is 1. The Morgan fingerprint density at radius 1 is 1.53 bits per heavy atom. The Morgan fingerprint density at radius 2 is 2.33 bits per heavy atom. The second kappa shape index (κ2) is 4.12. The Hall–Kier alpha value is -1.20.